The van der Waals surface area contributed by atoms with E-state index in [-0.39, 0.29) is 11.8 Å². The van der Waals surface area contributed by atoms with Gasteiger partial charge in [-0.2, -0.15) is 4.98 Å². The number of nitrogens with zero attached hydrogens (tertiary/aromatic N) is 4. The van der Waals surface area contributed by atoms with E-state index in [2.05, 4.69) is 42.0 Å². The van der Waals surface area contributed by atoms with Crippen LogP contribution in [0.4, 0.5) is 22.1 Å². The Hall–Kier alpha value is -3.85. The van der Waals surface area contributed by atoms with Gasteiger partial charge in [0.25, 0.3) is 0 Å². The van der Waals surface area contributed by atoms with Crippen LogP contribution in [0, 0.1) is 20.8 Å². The number of benzene rings is 3. The summed E-state index contributed by atoms with van der Waals surface area (Å²) in [6.45, 7) is 10.3. The van der Waals surface area contributed by atoms with Gasteiger partial charge in [-0.25, -0.2) is 9.78 Å². The highest BCUT2D eigenvalue weighted by Gasteiger charge is 2.20. The largest absolute Gasteiger partial charge is 0.494 e. The Morgan fingerprint density at radius 3 is 2.44 bits per heavy atom. The molecule has 0 bridgehead atoms. The number of rotatable bonds is 10. The van der Waals surface area contributed by atoms with Crippen molar-refractivity contribution >= 4 is 46.6 Å². The third-order valence-corrected chi connectivity index (χ3v) is 8.77. The Labute approximate surface area is 275 Å². The number of piperidine rings is 1. The van der Waals surface area contributed by atoms with Gasteiger partial charge < -0.3 is 19.7 Å². The Morgan fingerprint density at radius 1 is 0.933 bits per heavy atom. The number of anilines is 3. The molecule has 10 heteroatoms. The molecule has 4 aromatic rings. The summed E-state index contributed by atoms with van der Waals surface area (Å²) in [5.41, 5.74) is 6.16. The minimum Gasteiger partial charge on any atom is -0.494 e. The summed E-state index contributed by atoms with van der Waals surface area (Å²) >= 11 is 12.5. The number of amides is 1. The van der Waals surface area contributed by atoms with Gasteiger partial charge in [0.15, 0.2) is 0 Å². The summed E-state index contributed by atoms with van der Waals surface area (Å²) in [6.07, 6.45) is 4.26. The first kappa shape index (κ1) is 32.5. The van der Waals surface area contributed by atoms with Crippen LogP contribution < -0.4 is 19.7 Å². The fourth-order valence-corrected chi connectivity index (χ4v) is 5.74. The summed E-state index contributed by atoms with van der Waals surface area (Å²) in [6, 6.07) is 18.3. The molecule has 2 heterocycles. The molecular weight excluding hydrogens is 609 g/mol. The first-order valence-corrected chi connectivity index (χ1v) is 16.0. The number of likely N-dealkylation sites (tertiary alicyclic amines) is 1. The molecule has 1 fully saturated rings. The third-order valence-electron chi connectivity index (χ3n) is 8.22. The zero-order valence-electron chi connectivity index (χ0n) is 26.2. The van der Waals surface area contributed by atoms with Crippen LogP contribution in [0.1, 0.15) is 42.4 Å². The molecule has 0 saturated carbocycles. The molecule has 1 aliphatic rings. The van der Waals surface area contributed by atoms with E-state index in [0.29, 0.717) is 28.0 Å². The lowest BCUT2D eigenvalue weighted by Gasteiger charge is -2.26. The van der Waals surface area contributed by atoms with Crippen molar-refractivity contribution in [1.82, 2.24) is 14.9 Å². The van der Waals surface area contributed by atoms with Crippen molar-refractivity contribution < 1.29 is 14.3 Å². The van der Waals surface area contributed by atoms with Crippen molar-refractivity contribution in [2.24, 2.45) is 0 Å². The lowest BCUT2D eigenvalue weighted by Crippen LogP contribution is -2.31. The predicted octanol–water partition coefficient (Wildman–Crippen LogP) is 9.01. The van der Waals surface area contributed by atoms with E-state index in [0.717, 1.165) is 35.5 Å². The van der Waals surface area contributed by atoms with E-state index in [1.807, 2.05) is 30.3 Å². The number of ether oxygens (including phenoxy) is 2. The SMILES string of the molecule is Cc1ccc(-c2cc(OC(=O)N(C)c3cc(Cl)ccc3Cl)nc(Nc3ccc(OCCCN4CCCCC4)cc3)n2)c(C)c1C. The van der Waals surface area contributed by atoms with Gasteiger partial charge in [0.05, 0.1) is 23.0 Å². The number of aromatic nitrogens is 2. The standard InChI is InChI=1S/C35H39Cl2N5O3/c1-23-9-15-29(25(3)24(23)2)31-22-33(45-35(43)41(4)32-21-26(36)10-16-30(32)37)40-34(39-31)38-27-11-13-28(14-12-27)44-20-8-19-42-17-6-5-7-18-42/h9-16,21-22H,5-8,17-20H2,1-4H3,(H,38,39,40). The minimum absolute atomic E-state index is 0.0868. The molecule has 0 radical (unpaired) electrons. The van der Waals surface area contributed by atoms with Gasteiger partial charge in [-0.05, 0) is 112 Å². The van der Waals surface area contributed by atoms with Crippen LogP contribution in [0.3, 0.4) is 0 Å². The molecular formula is C35H39Cl2N5O3. The summed E-state index contributed by atoms with van der Waals surface area (Å²) in [5, 5.41) is 4.07. The Kier molecular flexibility index (Phi) is 10.8. The molecule has 0 spiro atoms. The van der Waals surface area contributed by atoms with Crippen LogP contribution >= 0.6 is 23.2 Å². The first-order valence-electron chi connectivity index (χ1n) is 15.3. The molecule has 1 amide bonds. The molecule has 0 unspecified atom stereocenters. The second-order valence-electron chi connectivity index (χ2n) is 11.4. The van der Waals surface area contributed by atoms with Gasteiger partial charge >= 0.3 is 6.09 Å². The molecule has 236 valence electrons. The smallest absolute Gasteiger partial charge is 0.420 e. The Balaban J connectivity index is 1.33. The number of carbonyl (C=O) groups excluding carboxylic acids is 1. The molecule has 1 aromatic heterocycles. The number of halogens is 2. The average Bonchev–Trinajstić information content (AvgIpc) is 3.04. The van der Waals surface area contributed by atoms with Crippen LogP contribution in [-0.2, 0) is 0 Å². The van der Waals surface area contributed by atoms with E-state index in [1.165, 1.54) is 48.4 Å². The molecule has 1 saturated heterocycles. The molecule has 0 aliphatic carbocycles. The Morgan fingerprint density at radius 2 is 1.69 bits per heavy atom. The highest BCUT2D eigenvalue weighted by molar-refractivity contribution is 6.35. The Bertz CT molecular complexity index is 1640. The summed E-state index contributed by atoms with van der Waals surface area (Å²) < 4.78 is 11.7. The highest BCUT2D eigenvalue weighted by Crippen LogP contribution is 2.32. The van der Waals surface area contributed by atoms with Crippen molar-refractivity contribution in [3.8, 4) is 22.9 Å². The molecule has 1 aliphatic heterocycles. The molecule has 5 rings (SSSR count). The number of hydrogen-bond donors (Lipinski definition) is 1. The third kappa shape index (κ3) is 8.45. The fraction of sp³-hybridized carbons (Fsp3) is 0.343. The van der Waals surface area contributed by atoms with Crippen LogP contribution in [0.2, 0.25) is 10.0 Å². The molecule has 0 atom stereocenters. The van der Waals surface area contributed by atoms with Gasteiger partial charge in [-0.15, -0.1) is 0 Å². The lowest BCUT2D eigenvalue weighted by molar-refractivity contribution is 0.205. The normalized spacial score (nSPS) is 13.4. The molecule has 45 heavy (non-hydrogen) atoms. The fourth-order valence-electron chi connectivity index (χ4n) is 5.33. The van der Waals surface area contributed by atoms with Gasteiger partial charge in [0, 0.05) is 35.9 Å². The summed E-state index contributed by atoms with van der Waals surface area (Å²) in [4.78, 5) is 26.3. The van der Waals surface area contributed by atoms with Crippen molar-refractivity contribution in [1.29, 1.82) is 0 Å². The van der Waals surface area contributed by atoms with Crippen LogP contribution in [0.25, 0.3) is 11.3 Å². The lowest BCUT2D eigenvalue weighted by atomic mass is 9.97. The van der Waals surface area contributed by atoms with E-state index < -0.39 is 6.09 Å². The van der Waals surface area contributed by atoms with Crippen LogP contribution in [0.5, 0.6) is 11.6 Å². The van der Waals surface area contributed by atoms with Gasteiger partial charge in [-0.1, -0.05) is 41.8 Å². The van der Waals surface area contributed by atoms with Crippen molar-refractivity contribution in [2.75, 3.05) is 43.5 Å². The second kappa shape index (κ2) is 15.0. The van der Waals surface area contributed by atoms with E-state index in [1.54, 1.807) is 31.3 Å². The van der Waals surface area contributed by atoms with Crippen LogP contribution in [0.15, 0.2) is 60.7 Å². The van der Waals surface area contributed by atoms with Gasteiger partial charge in [0.1, 0.15) is 5.75 Å². The maximum atomic E-state index is 13.2. The molecule has 8 nitrogen and oxygen atoms in total. The van der Waals surface area contributed by atoms with Gasteiger partial charge in [0.2, 0.25) is 11.8 Å². The second-order valence-corrected chi connectivity index (χ2v) is 12.2. The van der Waals surface area contributed by atoms with Crippen LogP contribution in [-0.4, -0.2) is 54.2 Å². The molecule has 3 aromatic carbocycles. The first-order chi connectivity index (χ1) is 21.7. The average molecular weight is 649 g/mol. The van der Waals surface area contributed by atoms with E-state index in [9.17, 15) is 4.79 Å². The number of hydrogen-bond acceptors (Lipinski definition) is 7. The maximum absolute atomic E-state index is 13.2. The molecule has 1 N–H and O–H groups in total. The predicted molar refractivity (Wildman–Crippen MR) is 183 cm³/mol. The topological polar surface area (TPSA) is 79.8 Å². The van der Waals surface area contributed by atoms with Crippen molar-refractivity contribution in [3.05, 3.63) is 87.4 Å². The van der Waals surface area contributed by atoms with Crippen molar-refractivity contribution in [3.63, 3.8) is 0 Å². The number of nitrogens with one attached hydrogen (secondary N) is 1. The zero-order chi connectivity index (χ0) is 31.9. The summed E-state index contributed by atoms with van der Waals surface area (Å²) in [5.74, 6) is 1.17. The summed E-state index contributed by atoms with van der Waals surface area (Å²) in [7, 11) is 1.56. The number of aryl methyl sites for hydroxylation is 1. The maximum Gasteiger partial charge on any atom is 0.420 e. The van der Waals surface area contributed by atoms with E-state index in [4.69, 9.17) is 37.7 Å². The quantitative estimate of drug-likeness (QED) is 0.172. The van der Waals surface area contributed by atoms with Gasteiger partial charge in [-0.3, -0.25) is 4.90 Å². The van der Waals surface area contributed by atoms with E-state index >= 15 is 0 Å². The monoisotopic (exact) mass is 647 g/mol. The zero-order valence-corrected chi connectivity index (χ0v) is 27.7. The minimum atomic E-state index is -0.673. The van der Waals surface area contributed by atoms with Crippen molar-refractivity contribution in [2.45, 2.75) is 46.5 Å². The number of carbonyl (C=O) groups is 1. The highest BCUT2D eigenvalue weighted by atomic mass is 35.5.